The molecular formula is C14H22O. The Kier molecular flexibility index (Phi) is 4.19. The Morgan fingerprint density at radius 2 is 1.67 bits per heavy atom. The first-order valence-electron chi connectivity index (χ1n) is 5.77. The van der Waals surface area contributed by atoms with E-state index in [9.17, 15) is 0 Å². The Balaban J connectivity index is 2.88. The first-order valence-corrected chi connectivity index (χ1v) is 5.77. The summed E-state index contributed by atoms with van der Waals surface area (Å²) in [6, 6.07) is 4.45. The summed E-state index contributed by atoms with van der Waals surface area (Å²) < 4.78 is 5.83. The summed E-state index contributed by atoms with van der Waals surface area (Å²) in [6.07, 6.45) is 1.09. The van der Waals surface area contributed by atoms with Crippen molar-refractivity contribution in [2.24, 2.45) is 5.92 Å². The molecule has 0 fully saturated rings. The van der Waals surface area contributed by atoms with Crippen LogP contribution in [0.15, 0.2) is 12.1 Å². The van der Waals surface area contributed by atoms with E-state index < -0.39 is 0 Å². The lowest BCUT2D eigenvalue weighted by Gasteiger charge is -2.15. The molecule has 0 amide bonds. The lowest BCUT2D eigenvalue weighted by molar-refractivity contribution is 0.267. The van der Waals surface area contributed by atoms with Gasteiger partial charge in [0.2, 0.25) is 0 Å². The molecule has 0 heterocycles. The van der Waals surface area contributed by atoms with Crippen molar-refractivity contribution in [2.75, 3.05) is 6.61 Å². The van der Waals surface area contributed by atoms with Crippen molar-refractivity contribution in [3.63, 3.8) is 0 Å². The minimum Gasteiger partial charge on any atom is -0.493 e. The van der Waals surface area contributed by atoms with Crippen LogP contribution in [0.25, 0.3) is 0 Å². The zero-order chi connectivity index (χ0) is 11.4. The Morgan fingerprint density at radius 3 is 2.07 bits per heavy atom. The Labute approximate surface area is 93.5 Å². The number of benzene rings is 1. The van der Waals surface area contributed by atoms with Crippen molar-refractivity contribution in [3.05, 3.63) is 28.8 Å². The first kappa shape index (κ1) is 12.1. The topological polar surface area (TPSA) is 9.23 Å². The van der Waals surface area contributed by atoms with E-state index in [1.165, 1.54) is 16.7 Å². The molecule has 0 saturated heterocycles. The fourth-order valence-corrected chi connectivity index (χ4v) is 1.72. The molecular weight excluding hydrogens is 184 g/mol. The molecule has 0 aliphatic heterocycles. The molecule has 0 saturated carbocycles. The quantitative estimate of drug-likeness (QED) is 0.726. The monoisotopic (exact) mass is 206 g/mol. The molecule has 0 N–H and O–H groups in total. The van der Waals surface area contributed by atoms with Gasteiger partial charge in [0.05, 0.1) is 6.61 Å². The van der Waals surface area contributed by atoms with Crippen molar-refractivity contribution >= 4 is 0 Å². The molecule has 0 bridgehead atoms. The van der Waals surface area contributed by atoms with Crippen LogP contribution < -0.4 is 4.74 Å². The third kappa shape index (κ3) is 3.26. The van der Waals surface area contributed by atoms with Crippen molar-refractivity contribution in [1.29, 1.82) is 0 Å². The van der Waals surface area contributed by atoms with Gasteiger partial charge in [0.15, 0.2) is 0 Å². The maximum absolute atomic E-state index is 5.83. The van der Waals surface area contributed by atoms with Gasteiger partial charge in [-0.25, -0.2) is 0 Å². The van der Waals surface area contributed by atoms with Gasteiger partial charge in [0.25, 0.3) is 0 Å². The lowest BCUT2D eigenvalue weighted by atomic mass is 10.0. The molecule has 1 nitrogen and oxygen atoms in total. The summed E-state index contributed by atoms with van der Waals surface area (Å²) in [6.45, 7) is 11.6. The van der Waals surface area contributed by atoms with Crippen LogP contribution in [-0.2, 0) is 6.42 Å². The number of aryl methyl sites for hydroxylation is 3. The highest BCUT2D eigenvalue weighted by atomic mass is 16.5. The van der Waals surface area contributed by atoms with Crippen molar-refractivity contribution in [2.45, 2.75) is 41.0 Å². The van der Waals surface area contributed by atoms with Crippen LogP contribution in [0.5, 0.6) is 5.75 Å². The average Bonchev–Trinajstić information content (AvgIpc) is 2.15. The Bertz CT molecular complexity index is 303. The van der Waals surface area contributed by atoms with E-state index in [4.69, 9.17) is 4.74 Å². The SMILES string of the molecule is CCc1cc(C)c(OCC(C)C)c(C)c1. The van der Waals surface area contributed by atoms with Crippen molar-refractivity contribution < 1.29 is 4.74 Å². The fourth-order valence-electron chi connectivity index (χ4n) is 1.72. The largest absolute Gasteiger partial charge is 0.493 e. The van der Waals surface area contributed by atoms with E-state index in [0.29, 0.717) is 5.92 Å². The fraction of sp³-hybridized carbons (Fsp3) is 0.571. The normalized spacial score (nSPS) is 10.8. The lowest BCUT2D eigenvalue weighted by Crippen LogP contribution is -2.06. The van der Waals surface area contributed by atoms with E-state index in [1.807, 2.05) is 0 Å². The molecule has 0 radical (unpaired) electrons. The predicted molar refractivity (Wildman–Crippen MR) is 65.6 cm³/mol. The molecule has 84 valence electrons. The Morgan fingerprint density at radius 1 is 1.13 bits per heavy atom. The van der Waals surface area contributed by atoms with Gasteiger partial charge in [-0.15, -0.1) is 0 Å². The summed E-state index contributed by atoms with van der Waals surface area (Å²) in [7, 11) is 0. The molecule has 1 rings (SSSR count). The van der Waals surface area contributed by atoms with Gasteiger partial charge >= 0.3 is 0 Å². The summed E-state index contributed by atoms with van der Waals surface area (Å²) in [5, 5.41) is 0. The van der Waals surface area contributed by atoms with Gasteiger partial charge < -0.3 is 4.74 Å². The Hall–Kier alpha value is -0.980. The van der Waals surface area contributed by atoms with Gasteiger partial charge in [-0.2, -0.15) is 0 Å². The summed E-state index contributed by atoms with van der Waals surface area (Å²) in [5.74, 6) is 1.65. The summed E-state index contributed by atoms with van der Waals surface area (Å²) in [5.41, 5.74) is 3.90. The maximum Gasteiger partial charge on any atom is 0.125 e. The standard InChI is InChI=1S/C14H22O/c1-6-13-7-11(4)14(12(5)8-13)15-9-10(2)3/h7-8,10H,6,9H2,1-5H3. The number of ether oxygens (including phenoxy) is 1. The molecule has 1 heteroatoms. The second kappa shape index (κ2) is 5.20. The van der Waals surface area contributed by atoms with Crippen molar-refractivity contribution in [3.8, 4) is 5.75 Å². The molecule has 0 aromatic heterocycles. The zero-order valence-corrected chi connectivity index (χ0v) is 10.6. The van der Waals surface area contributed by atoms with Gasteiger partial charge in [0.1, 0.15) is 5.75 Å². The maximum atomic E-state index is 5.83. The van der Waals surface area contributed by atoms with E-state index in [0.717, 1.165) is 18.8 Å². The summed E-state index contributed by atoms with van der Waals surface area (Å²) >= 11 is 0. The van der Waals surface area contributed by atoms with Gasteiger partial charge in [-0.3, -0.25) is 0 Å². The smallest absolute Gasteiger partial charge is 0.125 e. The van der Waals surface area contributed by atoms with Crippen LogP contribution in [0.2, 0.25) is 0 Å². The zero-order valence-electron chi connectivity index (χ0n) is 10.6. The molecule has 0 spiro atoms. The first-order chi connectivity index (χ1) is 7.04. The van der Waals surface area contributed by atoms with E-state index in [-0.39, 0.29) is 0 Å². The third-order valence-corrected chi connectivity index (χ3v) is 2.49. The molecule has 0 atom stereocenters. The van der Waals surface area contributed by atoms with Gasteiger partial charge in [-0.05, 0) is 42.9 Å². The van der Waals surface area contributed by atoms with Crippen LogP contribution in [0.3, 0.4) is 0 Å². The highest BCUT2D eigenvalue weighted by molar-refractivity contribution is 5.43. The number of hydrogen-bond acceptors (Lipinski definition) is 1. The molecule has 0 aliphatic carbocycles. The number of hydrogen-bond donors (Lipinski definition) is 0. The minimum absolute atomic E-state index is 0.578. The van der Waals surface area contributed by atoms with E-state index in [2.05, 4.69) is 46.8 Å². The van der Waals surface area contributed by atoms with E-state index >= 15 is 0 Å². The highest BCUT2D eigenvalue weighted by Crippen LogP contribution is 2.25. The van der Waals surface area contributed by atoms with Gasteiger partial charge in [0, 0.05) is 0 Å². The second-order valence-electron chi connectivity index (χ2n) is 4.62. The highest BCUT2D eigenvalue weighted by Gasteiger charge is 2.06. The van der Waals surface area contributed by atoms with Gasteiger partial charge in [-0.1, -0.05) is 32.9 Å². The summed E-state index contributed by atoms with van der Waals surface area (Å²) in [4.78, 5) is 0. The molecule has 1 aromatic carbocycles. The molecule has 0 unspecified atom stereocenters. The second-order valence-corrected chi connectivity index (χ2v) is 4.62. The molecule has 0 aliphatic rings. The van der Waals surface area contributed by atoms with E-state index in [1.54, 1.807) is 0 Å². The average molecular weight is 206 g/mol. The number of rotatable bonds is 4. The molecule has 1 aromatic rings. The van der Waals surface area contributed by atoms with Crippen LogP contribution in [0, 0.1) is 19.8 Å². The third-order valence-electron chi connectivity index (χ3n) is 2.49. The molecule has 15 heavy (non-hydrogen) atoms. The minimum atomic E-state index is 0.578. The van der Waals surface area contributed by atoms with Crippen LogP contribution >= 0.6 is 0 Å². The van der Waals surface area contributed by atoms with Crippen LogP contribution in [0.1, 0.15) is 37.5 Å². The van der Waals surface area contributed by atoms with Crippen LogP contribution in [0.4, 0.5) is 0 Å². The van der Waals surface area contributed by atoms with Crippen molar-refractivity contribution in [1.82, 2.24) is 0 Å². The van der Waals surface area contributed by atoms with Crippen LogP contribution in [-0.4, -0.2) is 6.61 Å². The predicted octanol–water partition coefficient (Wildman–Crippen LogP) is 3.90.